The van der Waals surface area contributed by atoms with Crippen LogP contribution in [0.1, 0.15) is 27.3 Å². The van der Waals surface area contributed by atoms with E-state index in [1.54, 1.807) is 44.3 Å². The molecule has 2 aromatic rings. The van der Waals surface area contributed by atoms with Gasteiger partial charge in [0, 0.05) is 13.6 Å². The van der Waals surface area contributed by atoms with Crippen molar-refractivity contribution in [2.45, 2.75) is 26.3 Å². The molecule has 1 N–H and O–H groups in total. The number of carbonyl (C=O) groups excluding carboxylic acids is 1. The Balaban J connectivity index is 1.83. The maximum atomic E-state index is 12.1. The second-order valence-electron chi connectivity index (χ2n) is 5.40. The van der Waals surface area contributed by atoms with E-state index in [0.29, 0.717) is 17.8 Å². The molecule has 0 saturated heterocycles. The number of ether oxygens (including phenoxy) is 1. The van der Waals surface area contributed by atoms with Gasteiger partial charge in [0.15, 0.2) is 0 Å². The number of nitrogens with one attached hydrogen (secondary N) is 1. The Morgan fingerprint density at radius 3 is 2.42 bits per heavy atom. The number of benzene rings is 1. The molecule has 0 unspecified atom stereocenters. The fourth-order valence-corrected chi connectivity index (χ4v) is 2.13. The summed E-state index contributed by atoms with van der Waals surface area (Å²) in [5.74, 6) is -0.240. The summed E-state index contributed by atoms with van der Waals surface area (Å²) in [7, 11) is 1.69. The zero-order chi connectivity index (χ0) is 17.7. The van der Waals surface area contributed by atoms with Gasteiger partial charge < -0.3 is 10.1 Å². The van der Waals surface area contributed by atoms with Crippen molar-refractivity contribution in [3.8, 4) is 0 Å². The number of aromatic nitrogens is 2. The molecule has 0 saturated carbocycles. The highest BCUT2D eigenvalue weighted by atomic mass is 19.4. The lowest BCUT2D eigenvalue weighted by molar-refractivity contribution is -0.176. The lowest BCUT2D eigenvalue weighted by atomic mass is 10.1. The van der Waals surface area contributed by atoms with Crippen LogP contribution in [0.4, 0.5) is 13.2 Å². The molecule has 8 heteroatoms. The van der Waals surface area contributed by atoms with Gasteiger partial charge in [0.1, 0.15) is 12.3 Å². The van der Waals surface area contributed by atoms with E-state index in [4.69, 9.17) is 0 Å². The van der Waals surface area contributed by atoms with Crippen LogP contribution in [-0.4, -0.2) is 28.5 Å². The number of alkyl halides is 3. The predicted octanol–water partition coefficient (Wildman–Crippen LogP) is 2.74. The first-order chi connectivity index (χ1) is 11.2. The summed E-state index contributed by atoms with van der Waals surface area (Å²) in [5.41, 5.74) is 2.69. The molecular weight excluding hydrogens is 323 g/mol. The average Bonchev–Trinajstić information content (AvgIpc) is 2.83. The predicted molar refractivity (Wildman–Crippen MR) is 81.3 cm³/mol. The molecule has 0 radical (unpaired) electrons. The van der Waals surface area contributed by atoms with Crippen LogP contribution in [0.5, 0.6) is 0 Å². The fraction of sp³-hybridized carbons (Fsp3) is 0.375. The molecule has 0 aliphatic rings. The van der Waals surface area contributed by atoms with Crippen LogP contribution < -0.4 is 5.32 Å². The van der Waals surface area contributed by atoms with Crippen LogP contribution in [0.2, 0.25) is 0 Å². The number of hydrogen-bond donors (Lipinski definition) is 1. The number of aryl methyl sites for hydroxylation is 2. The van der Waals surface area contributed by atoms with Crippen LogP contribution in [-0.2, 0) is 24.9 Å². The second kappa shape index (κ2) is 7.48. The van der Waals surface area contributed by atoms with Crippen molar-refractivity contribution in [1.29, 1.82) is 0 Å². The van der Waals surface area contributed by atoms with Gasteiger partial charge in [0.25, 0.3) is 5.91 Å². The number of halogens is 3. The quantitative estimate of drug-likeness (QED) is 0.879. The van der Waals surface area contributed by atoms with Gasteiger partial charge in [0.05, 0.1) is 12.3 Å². The van der Waals surface area contributed by atoms with E-state index in [-0.39, 0.29) is 12.5 Å². The van der Waals surface area contributed by atoms with E-state index in [1.165, 1.54) is 4.68 Å². The van der Waals surface area contributed by atoms with Crippen molar-refractivity contribution in [2.24, 2.45) is 7.05 Å². The van der Waals surface area contributed by atoms with E-state index in [9.17, 15) is 18.0 Å². The molecule has 1 aromatic heterocycles. The summed E-state index contributed by atoms with van der Waals surface area (Å²) in [4.78, 5) is 12.1. The monoisotopic (exact) mass is 341 g/mol. The molecule has 0 fully saturated rings. The Hall–Kier alpha value is -2.35. The maximum Gasteiger partial charge on any atom is 0.411 e. The van der Waals surface area contributed by atoms with Crippen molar-refractivity contribution in [3.05, 3.63) is 52.8 Å². The number of amides is 1. The fourth-order valence-electron chi connectivity index (χ4n) is 2.13. The van der Waals surface area contributed by atoms with Gasteiger partial charge in [-0.1, -0.05) is 24.3 Å². The summed E-state index contributed by atoms with van der Waals surface area (Å²) >= 11 is 0. The molecule has 0 atom stereocenters. The number of carbonyl (C=O) groups is 1. The molecule has 1 amide bonds. The minimum absolute atomic E-state index is 0.111. The molecule has 0 bridgehead atoms. The summed E-state index contributed by atoms with van der Waals surface area (Å²) in [6, 6.07) is 8.51. The number of hydrogen-bond acceptors (Lipinski definition) is 3. The van der Waals surface area contributed by atoms with E-state index in [0.717, 1.165) is 11.3 Å². The smallest absolute Gasteiger partial charge is 0.367 e. The van der Waals surface area contributed by atoms with Crippen molar-refractivity contribution in [3.63, 3.8) is 0 Å². The Bertz CT molecular complexity index is 694. The number of rotatable bonds is 6. The number of nitrogens with zero attached hydrogens (tertiary/aromatic N) is 2. The summed E-state index contributed by atoms with van der Waals surface area (Å²) in [6.07, 6.45) is -4.33. The van der Waals surface area contributed by atoms with Crippen molar-refractivity contribution in [2.75, 3.05) is 6.61 Å². The molecular formula is C16H18F3N3O2. The van der Waals surface area contributed by atoms with Gasteiger partial charge in [-0.25, -0.2) is 0 Å². The molecule has 24 heavy (non-hydrogen) atoms. The third kappa shape index (κ3) is 5.38. The van der Waals surface area contributed by atoms with Crippen LogP contribution in [0.15, 0.2) is 30.3 Å². The van der Waals surface area contributed by atoms with Crippen LogP contribution in [0, 0.1) is 6.92 Å². The van der Waals surface area contributed by atoms with Crippen molar-refractivity contribution < 1.29 is 22.7 Å². The van der Waals surface area contributed by atoms with Crippen LogP contribution >= 0.6 is 0 Å². The van der Waals surface area contributed by atoms with E-state index >= 15 is 0 Å². The highest BCUT2D eigenvalue weighted by Crippen LogP contribution is 2.15. The van der Waals surface area contributed by atoms with E-state index in [1.807, 2.05) is 0 Å². The molecule has 1 heterocycles. The second-order valence-corrected chi connectivity index (χ2v) is 5.40. The molecule has 2 rings (SSSR count). The SMILES string of the molecule is Cc1cc(C(=O)NCc2ccc(COCC(F)(F)F)cc2)n(C)n1. The standard InChI is InChI=1S/C16H18F3N3O2/c1-11-7-14(22(2)21-11)15(23)20-8-12-3-5-13(6-4-12)9-24-10-16(17,18)19/h3-7H,8-10H2,1-2H3,(H,20,23). The maximum absolute atomic E-state index is 12.1. The Morgan fingerprint density at radius 1 is 1.25 bits per heavy atom. The topological polar surface area (TPSA) is 56.1 Å². The lowest BCUT2D eigenvalue weighted by Crippen LogP contribution is -2.25. The van der Waals surface area contributed by atoms with E-state index in [2.05, 4.69) is 15.2 Å². The summed E-state index contributed by atoms with van der Waals surface area (Å²) < 4.78 is 42.1. The van der Waals surface area contributed by atoms with Gasteiger partial charge in [-0.05, 0) is 24.1 Å². The molecule has 0 spiro atoms. The minimum Gasteiger partial charge on any atom is -0.367 e. The first kappa shape index (κ1) is 18.0. The van der Waals surface area contributed by atoms with Crippen molar-refractivity contribution in [1.82, 2.24) is 15.1 Å². The normalized spacial score (nSPS) is 11.5. The highest BCUT2D eigenvalue weighted by molar-refractivity contribution is 5.92. The molecule has 1 aromatic carbocycles. The van der Waals surface area contributed by atoms with Gasteiger partial charge >= 0.3 is 6.18 Å². The minimum atomic E-state index is -4.33. The lowest BCUT2D eigenvalue weighted by Gasteiger charge is -2.09. The Kier molecular flexibility index (Phi) is 5.61. The Labute approximate surface area is 137 Å². The van der Waals surface area contributed by atoms with Gasteiger partial charge in [0.2, 0.25) is 0 Å². The van der Waals surface area contributed by atoms with Crippen LogP contribution in [0.3, 0.4) is 0 Å². The Morgan fingerprint density at radius 2 is 1.88 bits per heavy atom. The molecule has 5 nitrogen and oxygen atoms in total. The van der Waals surface area contributed by atoms with Gasteiger partial charge in [-0.15, -0.1) is 0 Å². The molecule has 130 valence electrons. The van der Waals surface area contributed by atoms with Gasteiger partial charge in [-0.3, -0.25) is 9.48 Å². The van der Waals surface area contributed by atoms with E-state index < -0.39 is 12.8 Å². The third-order valence-electron chi connectivity index (χ3n) is 3.25. The zero-order valence-electron chi connectivity index (χ0n) is 13.4. The molecule has 0 aliphatic heterocycles. The first-order valence-electron chi connectivity index (χ1n) is 7.26. The molecule has 0 aliphatic carbocycles. The van der Waals surface area contributed by atoms with Crippen molar-refractivity contribution >= 4 is 5.91 Å². The first-order valence-corrected chi connectivity index (χ1v) is 7.26. The zero-order valence-corrected chi connectivity index (χ0v) is 13.4. The van der Waals surface area contributed by atoms with Gasteiger partial charge in [-0.2, -0.15) is 18.3 Å². The van der Waals surface area contributed by atoms with Crippen LogP contribution in [0.25, 0.3) is 0 Å². The summed E-state index contributed by atoms with van der Waals surface area (Å²) in [5, 5.41) is 6.88. The summed E-state index contributed by atoms with van der Waals surface area (Å²) in [6.45, 7) is 0.735. The third-order valence-corrected chi connectivity index (χ3v) is 3.25. The average molecular weight is 341 g/mol. The highest BCUT2D eigenvalue weighted by Gasteiger charge is 2.27. The largest absolute Gasteiger partial charge is 0.411 e.